The molecule has 3 rings (SSSR count). The predicted octanol–water partition coefficient (Wildman–Crippen LogP) is 4.04. The zero-order valence-electron chi connectivity index (χ0n) is 15.9. The quantitative estimate of drug-likeness (QED) is 0.720. The molecule has 28 heavy (non-hydrogen) atoms. The zero-order chi connectivity index (χ0) is 20.3. The lowest BCUT2D eigenvalue weighted by Gasteiger charge is -2.31. The van der Waals surface area contributed by atoms with Gasteiger partial charge in [-0.3, -0.25) is 9.10 Å². The number of carbonyl (C=O) groups excluding carboxylic acids is 1. The lowest BCUT2D eigenvalue weighted by Crippen LogP contribution is -2.40. The minimum Gasteiger partial charge on any atom is -0.351 e. The molecule has 0 aromatic heterocycles. The van der Waals surface area contributed by atoms with Gasteiger partial charge in [-0.15, -0.1) is 0 Å². The average molecular weight is 419 g/mol. The number of halogens is 1. The molecular weight excluding hydrogens is 396 g/mol. The van der Waals surface area contributed by atoms with E-state index in [1.807, 2.05) is 30.3 Å². The summed E-state index contributed by atoms with van der Waals surface area (Å²) < 4.78 is 27.2. The Morgan fingerprint density at radius 2 is 1.82 bits per heavy atom. The molecule has 0 fully saturated rings. The smallest absolute Gasteiger partial charge is 0.269 e. The Bertz CT molecular complexity index is 1020. The molecule has 2 aromatic carbocycles. The molecule has 1 aliphatic heterocycles. The molecule has 1 aliphatic rings. The molecule has 0 atom stereocenters. The molecule has 0 aliphatic carbocycles. The second kappa shape index (κ2) is 8.37. The van der Waals surface area contributed by atoms with Gasteiger partial charge in [0, 0.05) is 29.8 Å². The molecule has 148 valence electrons. The maximum atomic E-state index is 13.1. The normalized spacial score (nSPS) is 15.3. The number of nitrogens with zero attached hydrogens (tertiary/aromatic N) is 1. The summed E-state index contributed by atoms with van der Waals surface area (Å²) in [7, 11) is -2.44. The van der Waals surface area contributed by atoms with Crippen LogP contribution in [0.25, 0.3) is 5.57 Å². The van der Waals surface area contributed by atoms with Crippen molar-refractivity contribution in [2.24, 2.45) is 0 Å². The van der Waals surface area contributed by atoms with E-state index < -0.39 is 15.9 Å². The number of hydrogen-bond donors (Lipinski definition) is 1. The van der Waals surface area contributed by atoms with E-state index in [-0.39, 0.29) is 10.6 Å². The predicted molar refractivity (Wildman–Crippen MR) is 111 cm³/mol. The van der Waals surface area contributed by atoms with Crippen molar-refractivity contribution in [3.05, 3.63) is 70.4 Å². The highest BCUT2D eigenvalue weighted by atomic mass is 35.5. The van der Waals surface area contributed by atoms with Gasteiger partial charge in [-0.05, 0) is 30.2 Å². The van der Waals surface area contributed by atoms with Crippen LogP contribution in [0.3, 0.4) is 0 Å². The number of benzene rings is 2. The standard InChI is InChI=1S/C21H23ClN2O3S/c1-3-4-8-13-23-21(25)20-19(15-9-6-5-7-10-15)17-14-16(22)11-12-18(17)28(26,27)24(20)2/h5-7,9-12,14H,3-4,8,13H2,1-2H3,(H,23,25). The number of unbranched alkanes of at least 4 members (excludes halogenated alkanes) is 2. The lowest BCUT2D eigenvalue weighted by molar-refractivity contribution is -0.118. The van der Waals surface area contributed by atoms with Crippen LogP contribution in [-0.2, 0) is 14.8 Å². The van der Waals surface area contributed by atoms with E-state index in [4.69, 9.17) is 11.6 Å². The van der Waals surface area contributed by atoms with Crippen molar-refractivity contribution in [2.75, 3.05) is 13.6 Å². The van der Waals surface area contributed by atoms with Gasteiger partial charge < -0.3 is 5.32 Å². The van der Waals surface area contributed by atoms with Crippen LogP contribution in [0.1, 0.15) is 37.3 Å². The summed E-state index contributed by atoms with van der Waals surface area (Å²) in [5.74, 6) is -0.411. The van der Waals surface area contributed by atoms with Gasteiger partial charge in [0.1, 0.15) is 5.70 Å². The van der Waals surface area contributed by atoms with Crippen LogP contribution in [0.5, 0.6) is 0 Å². The van der Waals surface area contributed by atoms with Gasteiger partial charge in [-0.25, -0.2) is 8.42 Å². The van der Waals surface area contributed by atoms with Gasteiger partial charge in [0.05, 0.1) is 4.90 Å². The molecule has 0 saturated heterocycles. The first kappa shape index (κ1) is 20.4. The highest BCUT2D eigenvalue weighted by molar-refractivity contribution is 7.89. The number of nitrogens with one attached hydrogen (secondary N) is 1. The molecule has 7 heteroatoms. The van der Waals surface area contributed by atoms with Gasteiger partial charge in [-0.1, -0.05) is 61.7 Å². The minimum atomic E-state index is -3.85. The first-order chi connectivity index (χ1) is 13.4. The van der Waals surface area contributed by atoms with E-state index in [1.165, 1.54) is 13.1 Å². The van der Waals surface area contributed by atoms with Crippen LogP contribution >= 0.6 is 11.6 Å². The molecule has 1 heterocycles. The summed E-state index contributed by atoms with van der Waals surface area (Å²) in [6, 6.07) is 13.9. The fourth-order valence-electron chi connectivity index (χ4n) is 3.29. The number of amides is 1. The number of fused-ring (bicyclic) bond motifs is 1. The largest absolute Gasteiger partial charge is 0.351 e. The summed E-state index contributed by atoms with van der Waals surface area (Å²) >= 11 is 6.17. The Kier molecular flexibility index (Phi) is 6.10. The second-order valence-electron chi connectivity index (χ2n) is 6.67. The first-order valence-electron chi connectivity index (χ1n) is 9.24. The van der Waals surface area contributed by atoms with E-state index in [0.717, 1.165) is 29.1 Å². The van der Waals surface area contributed by atoms with Crippen LogP contribution in [0.2, 0.25) is 5.02 Å². The van der Waals surface area contributed by atoms with Crippen molar-refractivity contribution in [1.82, 2.24) is 9.62 Å². The van der Waals surface area contributed by atoms with Gasteiger partial charge in [0.15, 0.2) is 0 Å². The summed E-state index contributed by atoms with van der Waals surface area (Å²) in [5.41, 5.74) is 1.86. The number of carbonyl (C=O) groups is 1. The Balaban J connectivity index is 2.20. The molecule has 0 bridgehead atoms. The SMILES string of the molecule is CCCCCNC(=O)C1=C(c2ccccc2)c2cc(Cl)ccc2S(=O)(=O)N1C. The van der Waals surface area contributed by atoms with E-state index in [9.17, 15) is 13.2 Å². The second-order valence-corrected chi connectivity index (χ2v) is 9.04. The van der Waals surface area contributed by atoms with Gasteiger partial charge >= 0.3 is 0 Å². The molecule has 1 amide bonds. The monoisotopic (exact) mass is 418 g/mol. The molecule has 0 saturated carbocycles. The molecule has 5 nitrogen and oxygen atoms in total. The lowest BCUT2D eigenvalue weighted by atomic mass is 9.95. The summed E-state index contributed by atoms with van der Waals surface area (Å²) in [5, 5.41) is 3.28. The minimum absolute atomic E-state index is 0.109. The van der Waals surface area contributed by atoms with Crippen molar-refractivity contribution in [2.45, 2.75) is 31.1 Å². The summed E-state index contributed by atoms with van der Waals surface area (Å²) in [6.07, 6.45) is 2.88. The first-order valence-corrected chi connectivity index (χ1v) is 11.1. The highest BCUT2D eigenvalue weighted by Gasteiger charge is 2.38. The average Bonchev–Trinajstić information content (AvgIpc) is 2.68. The van der Waals surface area contributed by atoms with Crippen molar-refractivity contribution in [1.29, 1.82) is 0 Å². The topological polar surface area (TPSA) is 66.5 Å². The Morgan fingerprint density at radius 3 is 2.50 bits per heavy atom. The zero-order valence-corrected chi connectivity index (χ0v) is 17.5. The molecule has 1 N–H and O–H groups in total. The van der Waals surface area contributed by atoms with E-state index in [1.54, 1.807) is 12.1 Å². The molecule has 2 aromatic rings. The summed E-state index contributed by atoms with van der Waals surface area (Å²) in [6.45, 7) is 2.58. The van der Waals surface area contributed by atoms with Crippen LogP contribution in [0.4, 0.5) is 0 Å². The summed E-state index contributed by atoms with van der Waals surface area (Å²) in [4.78, 5) is 13.2. The maximum absolute atomic E-state index is 13.1. The van der Waals surface area contributed by atoms with Crippen LogP contribution < -0.4 is 5.32 Å². The Labute approximate surface area is 171 Å². The third-order valence-electron chi connectivity index (χ3n) is 4.74. The fraction of sp³-hybridized carbons (Fsp3) is 0.286. The van der Waals surface area contributed by atoms with Crippen molar-refractivity contribution < 1.29 is 13.2 Å². The number of hydrogen-bond acceptors (Lipinski definition) is 3. The van der Waals surface area contributed by atoms with Crippen LogP contribution in [0, 0.1) is 0 Å². The van der Waals surface area contributed by atoms with Crippen LogP contribution in [0.15, 0.2) is 59.1 Å². The third-order valence-corrected chi connectivity index (χ3v) is 6.80. The Hall–Kier alpha value is -2.31. The fourth-order valence-corrected chi connectivity index (χ4v) is 4.85. The van der Waals surface area contributed by atoms with Crippen LogP contribution in [-0.4, -0.2) is 32.2 Å². The van der Waals surface area contributed by atoms with Gasteiger partial charge in [-0.2, -0.15) is 0 Å². The van der Waals surface area contributed by atoms with Crippen molar-refractivity contribution in [3.8, 4) is 0 Å². The van der Waals surface area contributed by atoms with E-state index >= 15 is 0 Å². The van der Waals surface area contributed by atoms with Gasteiger partial charge in [0.25, 0.3) is 15.9 Å². The molecule has 0 unspecified atom stereocenters. The molecule has 0 radical (unpaired) electrons. The van der Waals surface area contributed by atoms with Crippen molar-refractivity contribution in [3.63, 3.8) is 0 Å². The third kappa shape index (κ3) is 3.80. The number of rotatable bonds is 6. The van der Waals surface area contributed by atoms with Gasteiger partial charge in [0.2, 0.25) is 0 Å². The van der Waals surface area contributed by atoms with E-state index in [0.29, 0.717) is 22.7 Å². The maximum Gasteiger partial charge on any atom is 0.269 e. The van der Waals surface area contributed by atoms with E-state index in [2.05, 4.69) is 12.2 Å². The number of likely N-dealkylation sites (N-methyl/N-ethyl adjacent to an activating group) is 1. The van der Waals surface area contributed by atoms with Crippen molar-refractivity contribution >= 4 is 33.1 Å². The Morgan fingerprint density at radius 1 is 1.11 bits per heavy atom. The highest BCUT2D eigenvalue weighted by Crippen LogP contribution is 2.40. The molecular formula is C21H23ClN2O3S. The number of sulfonamides is 1. The molecule has 0 spiro atoms.